The molecule has 5 heteroatoms. The topological polar surface area (TPSA) is 54.7 Å². The number of nitrogens with one attached hydrogen (secondary N) is 1. The molecule has 2 rings (SSSR count). The first-order valence-corrected chi connectivity index (χ1v) is 4.78. The number of nitrogens with zero attached hydrogens (tertiary/aromatic N) is 1. The Morgan fingerprint density at radius 3 is 3.00 bits per heavy atom. The fourth-order valence-corrected chi connectivity index (χ4v) is 1.37. The van der Waals surface area contributed by atoms with Gasteiger partial charge in [0.2, 0.25) is 11.8 Å². The summed E-state index contributed by atoms with van der Waals surface area (Å²) < 4.78 is 10.5. The SMILES string of the molecule is COC1=CC=CN(c2cc(C=O)c(C)o2)N1. The summed E-state index contributed by atoms with van der Waals surface area (Å²) in [5.41, 5.74) is 3.50. The van der Waals surface area contributed by atoms with Gasteiger partial charge in [0.15, 0.2) is 6.29 Å². The third kappa shape index (κ3) is 1.79. The number of anilines is 1. The maximum atomic E-state index is 10.7. The Bertz CT molecular complexity index is 460. The molecule has 0 aromatic carbocycles. The van der Waals surface area contributed by atoms with Crippen molar-refractivity contribution < 1.29 is 13.9 Å². The normalized spacial score (nSPS) is 14.4. The van der Waals surface area contributed by atoms with E-state index in [9.17, 15) is 4.79 Å². The molecule has 1 aliphatic rings. The maximum absolute atomic E-state index is 10.7. The molecule has 0 saturated heterocycles. The van der Waals surface area contributed by atoms with Crippen molar-refractivity contribution in [2.24, 2.45) is 0 Å². The first kappa shape index (κ1) is 10.4. The molecule has 2 heterocycles. The summed E-state index contributed by atoms with van der Waals surface area (Å²) in [5.74, 6) is 1.73. The molecule has 5 nitrogen and oxygen atoms in total. The molecule has 84 valence electrons. The molecule has 0 amide bonds. The number of carbonyl (C=O) groups excluding carboxylic acids is 1. The van der Waals surface area contributed by atoms with Crippen molar-refractivity contribution in [3.63, 3.8) is 0 Å². The molecule has 1 aliphatic heterocycles. The molecule has 1 aromatic heterocycles. The molecule has 0 saturated carbocycles. The quantitative estimate of drug-likeness (QED) is 0.786. The van der Waals surface area contributed by atoms with Gasteiger partial charge in [-0.2, -0.15) is 0 Å². The highest BCUT2D eigenvalue weighted by atomic mass is 16.5. The minimum Gasteiger partial charge on any atom is -0.481 e. The predicted molar refractivity (Wildman–Crippen MR) is 58.7 cm³/mol. The van der Waals surface area contributed by atoms with E-state index < -0.39 is 0 Å². The lowest BCUT2D eigenvalue weighted by molar-refractivity contribution is 0.112. The summed E-state index contributed by atoms with van der Waals surface area (Å²) >= 11 is 0. The highest BCUT2D eigenvalue weighted by Gasteiger charge is 2.14. The van der Waals surface area contributed by atoms with Crippen molar-refractivity contribution in [2.45, 2.75) is 6.92 Å². The second-order valence-corrected chi connectivity index (χ2v) is 3.27. The van der Waals surface area contributed by atoms with E-state index in [1.54, 1.807) is 37.4 Å². The molecule has 0 atom stereocenters. The Hall–Kier alpha value is -2.17. The molecule has 0 unspecified atom stereocenters. The average molecular weight is 220 g/mol. The molecule has 0 fully saturated rings. The van der Waals surface area contributed by atoms with Crippen LogP contribution in [0.2, 0.25) is 0 Å². The monoisotopic (exact) mass is 220 g/mol. The highest BCUT2D eigenvalue weighted by molar-refractivity contribution is 5.78. The van der Waals surface area contributed by atoms with Crippen LogP contribution in [0.5, 0.6) is 0 Å². The lowest BCUT2D eigenvalue weighted by atomic mass is 10.3. The standard InChI is InChI=1S/C11H12N2O3/c1-8-9(7-14)6-11(16-8)13-5-3-4-10(12-13)15-2/h3-7,12H,1-2H3. The Labute approximate surface area is 93.0 Å². The summed E-state index contributed by atoms with van der Waals surface area (Å²) in [5, 5.41) is 1.64. The molecule has 1 aromatic rings. The molecule has 0 aliphatic carbocycles. The van der Waals surface area contributed by atoms with E-state index in [1.807, 2.05) is 6.08 Å². The van der Waals surface area contributed by atoms with Gasteiger partial charge >= 0.3 is 0 Å². The van der Waals surface area contributed by atoms with Crippen LogP contribution in [0.1, 0.15) is 16.1 Å². The molecule has 0 spiro atoms. The van der Waals surface area contributed by atoms with Crippen molar-refractivity contribution in [1.82, 2.24) is 5.43 Å². The van der Waals surface area contributed by atoms with Gasteiger partial charge < -0.3 is 9.15 Å². The maximum Gasteiger partial charge on any atom is 0.219 e. The third-order valence-electron chi connectivity index (χ3n) is 2.24. The Morgan fingerprint density at radius 1 is 1.56 bits per heavy atom. The van der Waals surface area contributed by atoms with Gasteiger partial charge in [-0.3, -0.25) is 10.2 Å². The van der Waals surface area contributed by atoms with Crippen molar-refractivity contribution >= 4 is 12.2 Å². The van der Waals surface area contributed by atoms with Crippen molar-refractivity contribution in [3.05, 3.63) is 41.6 Å². The zero-order chi connectivity index (χ0) is 11.5. The van der Waals surface area contributed by atoms with Gasteiger partial charge in [0.05, 0.1) is 12.7 Å². The first-order valence-electron chi connectivity index (χ1n) is 4.78. The summed E-state index contributed by atoms with van der Waals surface area (Å²) in [4.78, 5) is 10.7. The van der Waals surface area contributed by atoms with Crippen LogP contribution in [0.15, 0.2) is 34.7 Å². The minimum atomic E-state index is 0.540. The van der Waals surface area contributed by atoms with Gasteiger partial charge in [-0.25, -0.2) is 5.01 Å². The number of ether oxygens (including phenoxy) is 1. The number of carbonyl (C=O) groups is 1. The fourth-order valence-electron chi connectivity index (χ4n) is 1.37. The van der Waals surface area contributed by atoms with Crippen molar-refractivity contribution in [1.29, 1.82) is 0 Å². The van der Waals surface area contributed by atoms with Gasteiger partial charge in [-0.1, -0.05) is 0 Å². The van der Waals surface area contributed by atoms with Gasteiger partial charge in [0, 0.05) is 18.3 Å². The number of hydrogen-bond acceptors (Lipinski definition) is 5. The molecular weight excluding hydrogens is 208 g/mol. The summed E-state index contributed by atoms with van der Waals surface area (Å²) in [6.07, 6.45) is 6.14. The van der Waals surface area contributed by atoms with Crippen LogP contribution in [0.3, 0.4) is 0 Å². The van der Waals surface area contributed by atoms with Crippen LogP contribution in [-0.4, -0.2) is 13.4 Å². The van der Waals surface area contributed by atoms with Gasteiger partial charge in [-0.15, -0.1) is 0 Å². The van der Waals surface area contributed by atoms with Crippen LogP contribution < -0.4 is 10.4 Å². The zero-order valence-electron chi connectivity index (χ0n) is 9.06. The molecule has 0 bridgehead atoms. The van der Waals surface area contributed by atoms with Crippen molar-refractivity contribution in [3.8, 4) is 0 Å². The second kappa shape index (κ2) is 4.14. The van der Waals surface area contributed by atoms with Crippen LogP contribution in [0.25, 0.3) is 0 Å². The number of methoxy groups -OCH3 is 1. The Morgan fingerprint density at radius 2 is 2.38 bits per heavy atom. The van der Waals surface area contributed by atoms with E-state index in [0.717, 1.165) is 6.29 Å². The summed E-state index contributed by atoms with van der Waals surface area (Å²) in [7, 11) is 1.57. The molecule has 16 heavy (non-hydrogen) atoms. The van der Waals surface area contributed by atoms with E-state index in [0.29, 0.717) is 23.1 Å². The van der Waals surface area contributed by atoms with Crippen LogP contribution in [0, 0.1) is 6.92 Å². The van der Waals surface area contributed by atoms with E-state index in [2.05, 4.69) is 5.43 Å². The summed E-state index contributed by atoms with van der Waals surface area (Å²) in [6, 6.07) is 1.66. The Kier molecular flexibility index (Phi) is 2.68. The Balaban J connectivity index is 2.22. The van der Waals surface area contributed by atoms with E-state index in [1.165, 1.54) is 0 Å². The largest absolute Gasteiger partial charge is 0.481 e. The fraction of sp³-hybridized carbons (Fsp3) is 0.182. The van der Waals surface area contributed by atoms with E-state index in [4.69, 9.17) is 9.15 Å². The summed E-state index contributed by atoms with van der Waals surface area (Å²) in [6.45, 7) is 1.74. The highest BCUT2D eigenvalue weighted by Crippen LogP contribution is 2.22. The molecule has 1 N–H and O–H groups in total. The molecule has 0 radical (unpaired) electrons. The van der Waals surface area contributed by atoms with Crippen LogP contribution in [-0.2, 0) is 4.74 Å². The van der Waals surface area contributed by atoms with Gasteiger partial charge in [0.1, 0.15) is 5.76 Å². The smallest absolute Gasteiger partial charge is 0.219 e. The lowest BCUT2D eigenvalue weighted by Gasteiger charge is -2.22. The predicted octanol–water partition coefficient (Wildman–Crippen LogP) is 1.73. The second-order valence-electron chi connectivity index (χ2n) is 3.27. The number of hydrazine groups is 1. The van der Waals surface area contributed by atoms with Gasteiger partial charge in [0.25, 0.3) is 0 Å². The number of allylic oxidation sites excluding steroid dienone is 2. The third-order valence-corrected chi connectivity index (χ3v) is 2.24. The van der Waals surface area contributed by atoms with E-state index >= 15 is 0 Å². The molecular formula is C11H12N2O3. The number of rotatable bonds is 3. The first-order chi connectivity index (χ1) is 7.74. The van der Waals surface area contributed by atoms with Crippen LogP contribution in [0.4, 0.5) is 5.88 Å². The number of aldehydes is 1. The number of aryl methyl sites for hydroxylation is 1. The van der Waals surface area contributed by atoms with Crippen molar-refractivity contribution in [2.75, 3.05) is 12.1 Å². The number of furan rings is 1. The average Bonchev–Trinajstić information content (AvgIpc) is 2.71. The van der Waals surface area contributed by atoms with Gasteiger partial charge in [-0.05, 0) is 13.0 Å². The lowest BCUT2D eigenvalue weighted by Crippen LogP contribution is -2.34. The zero-order valence-corrected chi connectivity index (χ0v) is 9.06. The van der Waals surface area contributed by atoms with Crippen LogP contribution >= 0.6 is 0 Å². The number of hydrogen-bond donors (Lipinski definition) is 1. The van der Waals surface area contributed by atoms with E-state index in [-0.39, 0.29) is 0 Å². The minimum absolute atomic E-state index is 0.540.